The molecule has 11 nitrogen and oxygen atoms in total. The van der Waals surface area contributed by atoms with Gasteiger partial charge in [-0.05, 0) is 34.1 Å². The Labute approximate surface area is 214 Å². The maximum atomic E-state index is 13.7. The summed E-state index contributed by atoms with van der Waals surface area (Å²) in [5.41, 5.74) is -1.60. The number of hydrogen-bond donors (Lipinski definition) is 3. The monoisotopic (exact) mass is 612 g/mol. The molecule has 0 bridgehead atoms. The summed E-state index contributed by atoms with van der Waals surface area (Å²) in [4.78, 5) is 4.47. The minimum atomic E-state index is -5.10. The molecule has 1 fully saturated rings. The average molecular weight is 613 g/mol. The highest BCUT2D eigenvalue weighted by molar-refractivity contribution is 9.10. The Bertz CT molecular complexity index is 1340. The number of hydrogen-bond acceptors (Lipinski definition) is 10. The normalized spacial score (nSPS) is 24.7. The summed E-state index contributed by atoms with van der Waals surface area (Å²) in [5, 5.41) is 28.2. The second-order valence-corrected chi connectivity index (χ2v) is 10.6. The number of aliphatic hydroxyl groups is 2. The van der Waals surface area contributed by atoms with Crippen molar-refractivity contribution in [2.45, 2.75) is 34.7 Å². The second kappa shape index (κ2) is 10.7. The van der Waals surface area contributed by atoms with Gasteiger partial charge in [0.25, 0.3) is 0 Å². The summed E-state index contributed by atoms with van der Waals surface area (Å²) in [7, 11) is -5.10. The van der Waals surface area contributed by atoms with Gasteiger partial charge in [-0.25, -0.2) is 22.0 Å². The van der Waals surface area contributed by atoms with Crippen LogP contribution in [0.15, 0.2) is 46.2 Å². The van der Waals surface area contributed by atoms with Crippen molar-refractivity contribution >= 4 is 38.1 Å². The molecule has 1 saturated heterocycles. The van der Waals surface area contributed by atoms with Gasteiger partial charge in [-0.3, -0.25) is 9.54 Å². The van der Waals surface area contributed by atoms with E-state index in [1.165, 1.54) is 12.4 Å². The third-order valence-electron chi connectivity index (χ3n) is 5.08. The van der Waals surface area contributed by atoms with E-state index in [0.29, 0.717) is 21.5 Å². The maximum Gasteiger partial charge on any atom is 0.397 e. The number of rotatable bonds is 7. The first kappa shape index (κ1) is 26.9. The summed E-state index contributed by atoms with van der Waals surface area (Å²) in [6.07, 6.45) is -0.514. The number of nitrogens with zero attached hydrogens (tertiary/aromatic N) is 4. The topological polar surface area (TPSA) is 157 Å². The molecule has 1 aliphatic heterocycles. The highest BCUT2D eigenvalue weighted by Gasteiger charge is 2.49. The number of ether oxygens (including phenoxy) is 1. The van der Waals surface area contributed by atoms with Gasteiger partial charge >= 0.3 is 10.4 Å². The van der Waals surface area contributed by atoms with Gasteiger partial charge in [0.05, 0.1) is 12.8 Å². The molecule has 0 spiro atoms. The number of thioether (sulfide) groups is 1. The first-order valence-corrected chi connectivity index (χ1v) is 12.9. The molecule has 2 aromatic heterocycles. The predicted molar refractivity (Wildman–Crippen MR) is 120 cm³/mol. The van der Waals surface area contributed by atoms with E-state index in [-0.39, 0.29) is 11.3 Å². The van der Waals surface area contributed by atoms with Crippen LogP contribution >= 0.6 is 27.7 Å². The molecule has 4 rings (SSSR count). The van der Waals surface area contributed by atoms with Gasteiger partial charge in [-0.15, -0.1) is 5.10 Å². The van der Waals surface area contributed by atoms with E-state index in [2.05, 4.69) is 31.2 Å². The average Bonchev–Trinajstić information content (AvgIpc) is 3.28. The standard InChI is InChI=1S/C19H16BrF3N4O7S2/c20-9-3-10(5-24-4-9)35-19-18(34-36(30,31)32)16(17(29)14(7-28)33-19)27-6-13(25-26-27)8-1-11(21)15(23)12(22)2-8/h1-6,14,16-19,28-29H,7H2,(H,30,31,32)/t14-,16+,17+,18-,19-/m1/s1. The van der Waals surface area contributed by atoms with Crippen LogP contribution in [0, 0.1) is 17.5 Å². The Kier molecular flexibility index (Phi) is 8.01. The van der Waals surface area contributed by atoms with Crippen LogP contribution in [0.25, 0.3) is 11.3 Å². The zero-order valence-corrected chi connectivity index (χ0v) is 20.9. The van der Waals surface area contributed by atoms with Crippen molar-refractivity contribution in [3.8, 4) is 11.3 Å². The first-order valence-electron chi connectivity index (χ1n) is 9.91. The van der Waals surface area contributed by atoms with Crippen molar-refractivity contribution in [1.29, 1.82) is 0 Å². The molecule has 5 atom stereocenters. The van der Waals surface area contributed by atoms with E-state index >= 15 is 0 Å². The van der Waals surface area contributed by atoms with Crippen molar-refractivity contribution in [2.24, 2.45) is 0 Å². The van der Waals surface area contributed by atoms with E-state index in [9.17, 15) is 36.4 Å². The van der Waals surface area contributed by atoms with E-state index in [1.807, 2.05) is 0 Å². The molecular weight excluding hydrogens is 597 g/mol. The Balaban J connectivity index is 1.75. The van der Waals surface area contributed by atoms with Crippen LogP contribution in [0.3, 0.4) is 0 Å². The Hall–Kier alpha value is -2.12. The van der Waals surface area contributed by atoms with Crippen LogP contribution in [-0.4, -0.2) is 73.5 Å². The van der Waals surface area contributed by atoms with Gasteiger partial charge in [0.1, 0.15) is 35.5 Å². The lowest BCUT2D eigenvalue weighted by Crippen LogP contribution is -2.56. The van der Waals surface area contributed by atoms with Gasteiger partial charge in [0.15, 0.2) is 17.5 Å². The molecule has 1 aromatic carbocycles. The van der Waals surface area contributed by atoms with Crippen molar-refractivity contribution in [3.05, 3.63) is 58.7 Å². The summed E-state index contributed by atoms with van der Waals surface area (Å²) in [5.74, 6) is -4.63. The smallest absolute Gasteiger partial charge is 0.394 e. The lowest BCUT2D eigenvalue weighted by Gasteiger charge is -2.42. The number of aromatic nitrogens is 4. The predicted octanol–water partition coefficient (Wildman–Crippen LogP) is 2.12. The van der Waals surface area contributed by atoms with Crippen molar-refractivity contribution in [1.82, 2.24) is 20.0 Å². The van der Waals surface area contributed by atoms with Gasteiger partial charge < -0.3 is 14.9 Å². The maximum absolute atomic E-state index is 13.7. The molecule has 0 unspecified atom stereocenters. The lowest BCUT2D eigenvalue weighted by molar-refractivity contribution is -0.172. The Morgan fingerprint density at radius 1 is 1.19 bits per heavy atom. The minimum Gasteiger partial charge on any atom is -0.394 e. The zero-order chi connectivity index (χ0) is 26.2. The second-order valence-electron chi connectivity index (χ2n) is 7.49. The first-order chi connectivity index (χ1) is 17.0. The third-order valence-corrected chi connectivity index (χ3v) is 7.09. The molecule has 17 heteroatoms. The third kappa shape index (κ3) is 5.88. The van der Waals surface area contributed by atoms with Crippen molar-refractivity contribution < 1.29 is 45.3 Å². The molecule has 0 radical (unpaired) electrons. The molecule has 0 aliphatic carbocycles. The van der Waals surface area contributed by atoms with E-state index in [1.54, 1.807) is 6.07 Å². The molecule has 0 saturated carbocycles. The quantitative estimate of drug-likeness (QED) is 0.265. The summed E-state index contributed by atoms with van der Waals surface area (Å²) < 4.78 is 85.5. The number of benzene rings is 1. The fourth-order valence-corrected chi connectivity index (χ4v) is 5.77. The van der Waals surface area contributed by atoms with Gasteiger partial charge in [0, 0.05) is 27.3 Å². The zero-order valence-electron chi connectivity index (χ0n) is 17.6. The number of pyridine rings is 1. The van der Waals surface area contributed by atoms with Gasteiger partial charge in [0.2, 0.25) is 0 Å². The van der Waals surface area contributed by atoms with Crippen LogP contribution in [0.5, 0.6) is 0 Å². The Morgan fingerprint density at radius 2 is 1.89 bits per heavy atom. The van der Waals surface area contributed by atoms with Crippen molar-refractivity contribution in [3.63, 3.8) is 0 Å². The van der Waals surface area contributed by atoms with Gasteiger partial charge in [-0.2, -0.15) is 8.42 Å². The van der Waals surface area contributed by atoms with Crippen molar-refractivity contribution in [2.75, 3.05) is 6.61 Å². The summed E-state index contributed by atoms with van der Waals surface area (Å²) >= 11 is 4.17. The lowest BCUT2D eigenvalue weighted by atomic mass is 9.97. The fraction of sp³-hybridized carbons (Fsp3) is 0.316. The van der Waals surface area contributed by atoms with Crippen LogP contribution in [0.1, 0.15) is 6.04 Å². The minimum absolute atomic E-state index is 0.155. The molecule has 3 heterocycles. The molecular formula is C19H16BrF3N4O7S2. The molecule has 194 valence electrons. The molecule has 3 aromatic rings. The largest absolute Gasteiger partial charge is 0.397 e. The molecule has 36 heavy (non-hydrogen) atoms. The van der Waals surface area contributed by atoms with Gasteiger partial charge in [-0.1, -0.05) is 17.0 Å². The molecule has 1 aliphatic rings. The number of halogens is 4. The SMILES string of the molecule is O=S(=O)(O)O[C@@H]1[C@@H](n2cc(-c3cc(F)c(F)c(F)c3)nn2)[C@@H](O)[C@@H](CO)O[C@@H]1Sc1cncc(Br)c1. The Morgan fingerprint density at radius 3 is 2.50 bits per heavy atom. The molecule has 0 amide bonds. The summed E-state index contributed by atoms with van der Waals surface area (Å²) in [6.45, 7) is -0.694. The number of aliphatic hydroxyl groups excluding tert-OH is 2. The highest BCUT2D eigenvalue weighted by atomic mass is 79.9. The van der Waals surface area contributed by atoms with E-state index < -0.39 is 64.2 Å². The fourth-order valence-electron chi connectivity index (χ4n) is 3.55. The van der Waals surface area contributed by atoms with E-state index in [0.717, 1.165) is 22.6 Å². The summed E-state index contributed by atoms with van der Waals surface area (Å²) in [6, 6.07) is 1.54. The molecule has 3 N–H and O–H groups in total. The van der Waals surface area contributed by atoms with Crippen LogP contribution in [-0.2, 0) is 19.3 Å². The van der Waals surface area contributed by atoms with Crippen LogP contribution in [0.2, 0.25) is 0 Å². The van der Waals surface area contributed by atoms with E-state index in [4.69, 9.17) is 8.92 Å². The van der Waals surface area contributed by atoms with Crippen LogP contribution in [0.4, 0.5) is 13.2 Å². The highest BCUT2D eigenvalue weighted by Crippen LogP contribution is 2.40. The van der Waals surface area contributed by atoms with Crippen LogP contribution < -0.4 is 0 Å².